The Bertz CT molecular complexity index is 512. The van der Waals surface area contributed by atoms with Crippen molar-refractivity contribution in [2.24, 2.45) is 0 Å². The lowest BCUT2D eigenvalue weighted by molar-refractivity contribution is 0.0258. The second-order valence-corrected chi connectivity index (χ2v) is 7.54. The number of halogens is 1. The second-order valence-electron chi connectivity index (χ2n) is 6.69. The third-order valence-corrected chi connectivity index (χ3v) is 4.08. The third-order valence-electron chi connectivity index (χ3n) is 3.34. The van der Waals surface area contributed by atoms with Crippen LogP contribution in [0.1, 0.15) is 45.2 Å². The molecule has 5 heteroatoms. The Balaban J connectivity index is 2.31. The molecule has 1 rings (SSSR count). The minimum Gasteiger partial charge on any atom is -0.444 e. The molecular weight excluding hydrogens is 356 g/mol. The Morgan fingerprint density at radius 3 is 2.61 bits per heavy atom. The fourth-order valence-corrected chi connectivity index (χ4v) is 2.75. The van der Waals surface area contributed by atoms with Crippen LogP contribution in [0.3, 0.4) is 0 Å². The molecule has 0 aliphatic rings. The van der Waals surface area contributed by atoms with E-state index in [1.807, 2.05) is 27.7 Å². The molecule has 0 atom stereocenters. The molecule has 0 saturated carbocycles. The zero-order valence-corrected chi connectivity index (χ0v) is 16.5. The maximum Gasteiger partial charge on any atom is 0.410 e. The normalized spacial score (nSPS) is 11.4. The highest BCUT2D eigenvalue weighted by molar-refractivity contribution is 9.10. The molecule has 0 spiro atoms. The molecule has 0 radical (unpaired) electrons. The van der Waals surface area contributed by atoms with Crippen LogP contribution in [0.5, 0.6) is 0 Å². The van der Waals surface area contributed by atoms with Gasteiger partial charge in [0.1, 0.15) is 5.60 Å². The summed E-state index contributed by atoms with van der Waals surface area (Å²) in [6, 6.07) is 6.37. The predicted molar refractivity (Wildman–Crippen MR) is 98.7 cm³/mol. The van der Waals surface area contributed by atoms with E-state index in [0.29, 0.717) is 13.1 Å². The molecule has 0 fully saturated rings. The van der Waals surface area contributed by atoms with Crippen molar-refractivity contribution >= 4 is 22.0 Å². The second kappa shape index (κ2) is 9.28. The van der Waals surface area contributed by atoms with Gasteiger partial charge < -0.3 is 15.0 Å². The predicted octanol–water partition coefficient (Wildman–Crippen LogP) is 4.49. The third kappa shape index (κ3) is 7.84. The molecule has 0 unspecified atom stereocenters. The number of ether oxygens (including phenoxy) is 1. The maximum atomic E-state index is 12.0. The van der Waals surface area contributed by atoms with E-state index in [2.05, 4.69) is 46.4 Å². The van der Waals surface area contributed by atoms with Gasteiger partial charge in [-0.2, -0.15) is 0 Å². The van der Waals surface area contributed by atoms with Gasteiger partial charge >= 0.3 is 6.09 Å². The summed E-state index contributed by atoms with van der Waals surface area (Å²) in [7, 11) is 0. The van der Waals surface area contributed by atoms with Crippen LogP contribution in [0.4, 0.5) is 4.79 Å². The number of benzene rings is 1. The number of carbonyl (C=O) groups is 1. The first kappa shape index (κ1) is 20.0. The summed E-state index contributed by atoms with van der Waals surface area (Å²) in [6.45, 7) is 12.8. The number of rotatable bonds is 7. The average Bonchev–Trinajstić information content (AvgIpc) is 2.42. The van der Waals surface area contributed by atoms with E-state index < -0.39 is 5.60 Å². The summed E-state index contributed by atoms with van der Waals surface area (Å²) in [5.41, 5.74) is 2.05. The van der Waals surface area contributed by atoms with E-state index in [-0.39, 0.29) is 6.09 Å². The van der Waals surface area contributed by atoms with E-state index in [0.717, 1.165) is 24.0 Å². The molecule has 0 bridgehead atoms. The van der Waals surface area contributed by atoms with Crippen molar-refractivity contribution in [2.45, 2.75) is 53.2 Å². The lowest BCUT2D eigenvalue weighted by atomic mass is 10.1. The standard InChI is InChI=1S/C18H29BrN2O2/c1-6-21(17(22)23-18(3,4)5)11-7-10-20-13-15-9-8-14(2)12-16(15)19/h8-9,12,20H,6-7,10-11,13H2,1-5H3. The fraction of sp³-hybridized carbons (Fsp3) is 0.611. The van der Waals surface area contributed by atoms with Crippen molar-refractivity contribution in [1.82, 2.24) is 10.2 Å². The Labute approximate surface area is 148 Å². The lowest BCUT2D eigenvalue weighted by Crippen LogP contribution is -2.38. The Morgan fingerprint density at radius 1 is 1.35 bits per heavy atom. The molecule has 0 aromatic heterocycles. The zero-order valence-electron chi connectivity index (χ0n) is 14.9. The van der Waals surface area contributed by atoms with Gasteiger partial charge in [-0.15, -0.1) is 0 Å². The van der Waals surface area contributed by atoms with Gasteiger partial charge in [-0.3, -0.25) is 0 Å². The highest BCUT2D eigenvalue weighted by atomic mass is 79.9. The van der Waals surface area contributed by atoms with Gasteiger partial charge in [-0.25, -0.2) is 4.79 Å². The monoisotopic (exact) mass is 384 g/mol. The fourth-order valence-electron chi connectivity index (χ4n) is 2.12. The van der Waals surface area contributed by atoms with Crippen LogP contribution in [-0.2, 0) is 11.3 Å². The van der Waals surface area contributed by atoms with Crippen LogP contribution in [0.25, 0.3) is 0 Å². The van der Waals surface area contributed by atoms with E-state index in [4.69, 9.17) is 4.74 Å². The zero-order chi connectivity index (χ0) is 17.5. The van der Waals surface area contributed by atoms with Gasteiger partial charge in [0.05, 0.1) is 0 Å². The van der Waals surface area contributed by atoms with Gasteiger partial charge in [0.25, 0.3) is 0 Å². The van der Waals surface area contributed by atoms with E-state index in [1.165, 1.54) is 11.1 Å². The van der Waals surface area contributed by atoms with Crippen molar-refractivity contribution in [2.75, 3.05) is 19.6 Å². The number of aryl methyl sites for hydroxylation is 1. The summed E-state index contributed by atoms with van der Waals surface area (Å²) in [5.74, 6) is 0. The van der Waals surface area contributed by atoms with E-state index >= 15 is 0 Å². The first-order chi connectivity index (χ1) is 10.7. The minimum atomic E-state index is -0.444. The Hall–Kier alpha value is -1.07. The number of hydrogen-bond acceptors (Lipinski definition) is 3. The molecule has 130 valence electrons. The van der Waals surface area contributed by atoms with Crippen LogP contribution in [0, 0.1) is 6.92 Å². The minimum absolute atomic E-state index is 0.235. The molecule has 0 aliphatic carbocycles. The van der Waals surface area contributed by atoms with Gasteiger partial charge in [0, 0.05) is 24.1 Å². The highest BCUT2D eigenvalue weighted by Gasteiger charge is 2.20. The molecule has 0 heterocycles. The van der Waals surface area contributed by atoms with E-state index in [9.17, 15) is 4.79 Å². The average molecular weight is 385 g/mol. The van der Waals surface area contributed by atoms with Crippen molar-refractivity contribution in [3.63, 3.8) is 0 Å². The van der Waals surface area contributed by atoms with Gasteiger partial charge in [-0.1, -0.05) is 28.1 Å². The number of hydrogen-bond donors (Lipinski definition) is 1. The van der Waals surface area contributed by atoms with E-state index in [1.54, 1.807) is 4.90 Å². The number of nitrogens with zero attached hydrogens (tertiary/aromatic N) is 1. The van der Waals surface area contributed by atoms with Gasteiger partial charge in [0.2, 0.25) is 0 Å². The summed E-state index contributed by atoms with van der Waals surface area (Å²) in [6.07, 6.45) is 0.664. The van der Waals surface area contributed by atoms with Crippen molar-refractivity contribution in [1.29, 1.82) is 0 Å². The van der Waals surface area contributed by atoms with Crippen LogP contribution in [0.15, 0.2) is 22.7 Å². The van der Waals surface area contributed by atoms with Crippen LogP contribution < -0.4 is 5.32 Å². The first-order valence-electron chi connectivity index (χ1n) is 8.16. The smallest absolute Gasteiger partial charge is 0.410 e. The van der Waals surface area contributed by atoms with Crippen molar-refractivity contribution < 1.29 is 9.53 Å². The Morgan fingerprint density at radius 2 is 2.04 bits per heavy atom. The van der Waals surface area contributed by atoms with Crippen LogP contribution in [0.2, 0.25) is 0 Å². The number of amides is 1. The quantitative estimate of drug-likeness (QED) is 0.703. The SMILES string of the molecule is CCN(CCCNCc1ccc(C)cc1Br)C(=O)OC(C)(C)C. The topological polar surface area (TPSA) is 41.6 Å². The van der Waals surface area contributed by atoms with Gasteiger partial charge in [0.15, 0.2) is 0 Å². The largest absolute Gasteiger partial charge is 0.444 e. The van der Waals surface area contributed by atoms with Crippen LogP contribution >= 0.6 is 15.9 Å². The van der Waals surface area contributed by atoms with Crippen molar-refractivity contribution in [3.8, 4) is 0 Å². The van der Waals surface area contributed by atoms with Crippen LogP contribution in [-0.4, -0.2) is 36.2 Å². The molecule has 23 heavy (non-hydrogen) atoms. The highest BCUT2D eigenvalue weighted by Crippen LogP contribution is 2.18. The lowest BCUT2D eigenvalue weighted by Gasteiger charge is -2.26. The summed E-state index contributed by atoms with van der Waals surface area (Å²) >= 11 is 3.59. The molecule has 1 aromatic rings. The molecule has 4 nitrogen and oxygen atoms in total. The first-order valence-corrected chi connectivity index (χ1v) is 8.96. The molecule has 0 aliphatic heterocycles. The molecule has 1 amide bonds. The molecule has 1 N–H and O–H groups in total. The number of nitrogens with one attached hydrogen (secondary N) is 1. The summed E-state index contributed by atoms with van der Waals surface area (Å²) in [4.78, 5) is 13.8. The number of carbonyl (C=O) groups excluding carboxylic acids is 1. The van der Waals surface area contributed by atoms with Crippen molar-refractivity contribution in [3.05, 3.63) is 33.8 Å². The van der Waals surface area contributed by atoms with Gasteiger partial charge in [-0.05, 0) is 64.8 Å². The maximum absolute atomic E-state index is 12.0. The summed E-state index contributed by atoms with van der Waals surface area (Å²) in [5, 5.41) is 3.42. The molecule has 1 aromatic carbocycles. The Kier molecular flexibility index (Phi) is 8.06. The molecule has 0 saturated heterocycles. The summed E-state index contributed by atoms with van der Waals surface area (Å²) < 4.78 is 6.54. The molecular formula is C18H29BrN2O2.